The third-order valence-corrected chi connectivity index (χ3v) is 5.46. The SMILES string of the molecule is O=C(NCc1cc(-c2c[nH]c3ncccc23)n[nH]1)c1cccn(Cc2cc(F)c(F)c(F)c2)c1=O. The highest BCUT2D eigenvalue weighted by Gasteiger charge is 2.16. The van der Waals surface area contributed by atoms with Gasteiger partial charge in [-0.15, -0.1) is 0 Å². The van der Waals surface area contributed by atoms with Crippen LogP contribution in [0.2, 0.25) is 0 Å². The summed E-state index contributed by atoms with van der Waals surface area (Å²) < 4.78 is 41.3. The molecular formula is C24H17F3N6O2. The minimum absolute atomic E-state index is 0.0403. The van der Waals surface area contributed by atoms with Crippen molar-refractivity contribution in [3.8, 4) is 11.3 Å². The molecule has 5 rings (SSSR count). The molecule has 1 aromatic carbocycles. The molecule has 3 N–H and O–H groups in total. The number of carbonyl (C=O) groups is 1. The number of nitrogens with one attached hydrogen (secondary N) is 3. The first-order valence-electron chi connectivity index (χ1n) is 10.5. The number of rotatable bonds is 6. The van der Waals surface area contributed by atoms with Gasteiger partial charge in [-0.25, -0.2) is 18.2 Å². The van der Waals surface area contributed by atoms with E-state index in [0.29, 0.717) is 11.4 Å². The topological polar surface area (TPSA) is 108 Å². The normalized spacial score (nSPS) is 11.2. The molecule has 0 spiro atoms. The van der Waals surface area contributed by atoms with Crippen molar-refractivity contribution in [2.45, 2.75) is 13.1 Å². The van der Waals surface area contributed by atoms with Crippen molar-refractivity contribution in [3.05, 3.63) is 106 Å². The lowest BCUT2D eigenvalue weighted by Gasteiger charge is -2.09. The van der Waals surface area contributed by atoms with Crippen LogP contribution >= 0.6 is 0 Å². The van der Waals surface area contributed by atoms with Gasteiger partial charge in [-0.1, -0.05) is 0 Å². The molecule has 0 atom stereocenters. The number of aromatic amines is 2. The van der Waals surface area contributed by atoms with Crippen molar-refractivity contribution < 1.29 is 18.0 Å². The van der Waals surface area contributed by atoms with Crippen LogP contribution in [-0.4, -0.2) is 30.6 Å². The summed E-state index contributed by atoms with van der Waals surface area (Å²) in [5, 5.41) is 10.7. The molecule has 0 fully saturated rings. The smallest absolute Gasteiger partial charge is 0.263 e. The van der Waals surface area contributed by atoms with Crippen molar-refractivity contribution in [1.29, 1.82) is 0 Å². The molecule has 0 aliphatic heterocycles. The number of H-pyrrole nitrogens is 2. The Hall–Kier alpha value is -4.67. The van der Waals surface area contributed by atoms with Crippen molar-refractivity contribution in [2.75, 3.05) is 0 Å². The molecule has 0 bridgehead atoms. The van der Waals surface area contributed by atoms with Crippen LogP contribution in [-0.2, 0) is 13.1 Å². The number of pyridine rings is 2. The van der Waals surface area contributed by atoms with Gasteiger partial charge in [0.15, 0.2) is 17.5 Å². The van der Waals surface area contributed by atoms with Gasteiger partial charge in [0.05, 0.1) is 24.5 Å². The van der Waals surface area contributed by atoms with Gasteiger partial charge in [0.1, 0.15) is 11.2 Å². The Kier molecular flexibility index (Phi) is 5.65. The summed E-state index contributed by atoms with van der Waals surface area (Å²) in [4.78, 5) is 32.7. The summed E-state index contributed by atoms with van der Waals surface area (Å²) in [6, 6.07) is 9.93. The first-order chi connectivity index (χ1) is 16.9. The van der Waals surface area contributed by atoms with Crippen LogP contribution in [0.5, 0.6) is 0 Å². The number of aromatic nitrogens is 5. The molecule has 0 aliphatic rings. The van der Waals surface area contributed by atoms with Crippen LogP contribution in [0.1, 0.15) is 21.6 Å². The standard InChI is InChI=1S/C24H17F3N6O2/c25-18-7-13(8-19(26)21(18)27)12-33-6-2-4-16(24(33)35)23(34)30-10-14-9-20(32-31-14)17-11-29-22-15(17)3-1-5-28-22/h1-9,11H,10,12H2,(H,28,29)(H,30,34)(H,31,32). The van der Waals surface area contributed by atoms with E-state index in [0.717, 1.165) is 33.3 Å². The highest BCUT2D eigenvalue weighted by atomic mass is 19.2. The summed E-state index contributed by atoms with van der Waals surface area (Å²) >= 11 is 0. The van der Waals surface area contributed by atoms with Crippen molar-refractivity contribution in [2.24, 2.45) is 0 Å². The second-order valence-electron chi connectivity index (χ2n) is 7.79. The summed E-state index contributed by atoms with van der Waals surface area (Å²) in [7, 11) is 0. The maximum absolute atomic E-state index is 13.5. The third-order valence-electron chi connectivity index (χ3n) is 5.46. The zero-order chi connectivity index (χ0) is 24.5. The quantitative estimate of drug-likeness (QED) is 0.325. The van der Waals surface area contributed by atoms with Crippen LogP contribution in [0.3, 0.4) is 0 Å². The van der Waals surface area contributed by atoms with Crippen LogP contribution in [0, 0.1) is 17.5 Å². The molecular weight excluding hydrogens is 461 g/mol. The van der Waals surface area contributed by atoms with E-state index in [1.165, 1.54) is 18.3 Å². The Morgan fingerprint density at radius 1 is 1.09 bits per heavy atom. The molecule has 176 valence electrons. The van der Waals surface area contributed by atoms with Gasteiger partial charge in [0.2, 0.25) is 0 Å². The number of hydrogen-bond acceptors (Lipinski definition) is 4. The molecule has 0 saturated carbocycles. The Bertz CT molecular complexity index is 1600. The monoisotopic (exact) mass is 478 g/mol. The summed E-state index contributed by atoms with van der Waals surface area (Å²) in [6.45, 7) is -0.160. The molecule has 35 heavy (non-hydrogen) atoms. The molecule has 11 heteroatoms. The fraction of sp³-hybridized carbons (Fsp3) is 0.0833. The van der Waals surface area contributed by atoms with Crippen LogP contribution in [0.4, 0.5) is 13.2 Å². The summed E-state index contributed by atoms with van der Waals surface area (Å²) in [5.74, 6) is -4.93. The van der Waals surface area contributed by atoms with E-state index in [1.54, 1.807) is 18.5 Å². The first-order valence-corrected chi connectivity index (χ1v) is 10.5. The number of benzene rings is 1. The molecule has 0 saturated heterocycles. The maximum Gasteiger partial charge on any atom is 0.263 e. The second kappa shape index (κ2) is 8.93. The van der Waals surface area contributed by atoms with E-state index >= 15 is 0 Å². The molecule has 8 nitrogen and oxygen atoms in total. The fourth-order valence-electron chi connectivity index (χ4n) is 3.76. The lowest BCUT2D eigenvalue weighted by Crippen LogP contribution is -2.32. The van der Waals surface area contributed by atoms with E-state index in [1.807, 2.05) is 12.1 Å². The molecule has 0 radical (unpaired) electrons. The van der Waals surface area contributed by atoms with Gasteiger partial charge >= 0.3 is 0 Å². The largest absolute Gasteiger partial charge is 0.346 e. The zero-order valence-electron chi connectivity index (χ0n) is 18.0. The number of carbonyl (C=O) groups excluding carboxylic acids is 1. The minimum Gasteiger partial charge on any atom is -0.346 e. The first kappa shape index (κ1) is 22.1. The summed E-state index contributed by atoms with van der Waals surface area (Å²) in [5.41, 5.74) is 2.08. The minimum atomic E-state index is -1.59. The Morgan fingerprint density at radius 3 is 2.69 bits per heavy atom. The molecule has 0 unspecified atom stereocenters. The van der Waals surface area contributed by atoms with Crippen LogP contribution in [0.15, 0.2) is 65.8 Å². The van der Waals surface area contributed by atoms with Gasteiger partial charge in [-0.3, -0.25) is 14.7 Å². The van der Waals surface area contributed by atoms with E-state index in [9.17, 15) is 22.8 Å². The van der Waals surface area contributed by atoms with Gasteiger partial charge in [0, 0.05) is 29.5 Å². The number of hydrogen-bond donors (Lipinski definition) is 3. The molecule has 5 aromatic rings. The van der Waals surface area contributed by atoms with E-state index in [4.69, 9.17) is 0 Å². The number of amides is 1. The highest BCUT2D eigenvalue weighted by molar-refractivity contribution is 5.94. The lowest BCUT2D eigenvalue weighted by molar-refractivity contribution is 0.0948. The van der Waals surface area contributed by atoms with E-state index < -0.39 is 28.9 Å². The Morgan fingerprint density at radius 2 is 1.89 bits per heavy atom. The summed E-state index contributed by atoms with van der Waals surface area (Å²) in [6.07, 6.45) is 4.85. The number of fused-ring (bicyclic) bond motifs is 1. The predicted molar refractivity (Wildman–Crippen MR) is 121 cm³/mol. The molecule has 4 heterocycles. The average molecular weight is 478 g/mol. The molecule has 1 amide bonds. The van der Waals surface area contributed by atoms with Crippen LogP contribution in [0.25, 0.3) is 22.3 Å². The second-order valence-corrected chi connectivity index (χ2v) is 7.79. The lowest BCUT2D eigenvalue weighted by atomic mass is 10.1. The third kappa shape index (κ3) is 4.31. The maximum atomic E-state index is 13.5. The van der Waals surface area contributed by atoms with E-state index in [-0.39, 0.29) is 24.2 Å². The number of nitrogens with zero attached hydrogens (tertiary/aromatic N) is 3. The molecule has 4 aromatic heterocycles. The highest BCUT2D eigenvalue weighted by Crippen LogP contribution is 2.26. The van der Waals surface area contributed by atoms with Crippen molar-refractivity contribution >= 4 is 16.9 Å². The Labute approximate surface area is 195 Å². The molecule has 0 aliphatic carbocycles. The van der Waals surface area contributed by atoms with Gasteiger partial charge in [0.25, 0.3) is 11.5 Å². The Balaban J connectivity index is 1.30. The van der Waals surface area contributed by atoms with E-state index in [2.05, 4.69) is 25.5 Å². The zero-order valence-corrected chi connectivity index (χ0v) is 18.0. The van der Waals surface area contributed by atoms with Crippen LogP contribution < -0.4 is 10.9 Å². The van der Waals surface area contributed by atoms with Gasteiger partial charge < -0.3 is 14.9 Å². The van der Waals surface area contributed by atoms with Gasteiger partial charge in [-0.2, -0.15) is 5.10 Å². The van der Waals surface area contributed by atoms with Crippen molar-refractivity contribution in [1.82, 2.24) is 30.0 Å². The fourth-order valence-corrected chi connectivity index (χ4v) is 3.76. The predicted octanol–water partition coefficient (Wildman–Crippen LogP) is 3.51. The van der Waals surface area contributed by atoms with Crippen molar-refractivity contribution in [3.63, 3.8) is 0 Å². The average Bonchev–Trinajstić information content (AvgIpc) is 3.49. The van der Waals surface area contributed by atoms with Gasteiger partial charge in [-0.05, 0) is 48.0 Å². The number of halogens is 3.